The van der Waals surface area contributed by atoms with Crippen molar-refractivity contribution in [2.45, 2.75) is 0 Å². The lowest BCUT2D eigenvalue weighted by molar-refractivity contribution is 0.102. The number of hydrogen-bond donors (Lipinski definition) is 2. The van der Waals surface area contributed by atoms with Gasteiger partial charge in [0.2, 0.25) is 5.78 Å². The van der Waals surface area contributed by atoms with Crippen molar-refractivity contribution >= 4 is 23.9 Å². The summed E-state index contributed by atoms with van der Waals surface area (Å²) in [6, 6.07) is 9.13. The zero-order chi connectivity index (χ0) is 16.3. The van der Waals surface area contributed by atoms with Crippen molar-refractivity contribution in [1.82, 2.24) is 0 Å². The smallest absolute Gasteiger partial charge is 0.418 e. The molecule has 0 aliphatic carbocycles. The Morgan fingerprint density at radius 2 is 1.43 bits per heavy atom. The van der Waals surface area contributed by atoms with Crippen molar-refractivity contribution in [3.05, 3.63) is 35.9 Å². The maximum absolute atomic E-state index is 11.8. The maximum atomic E-state index is 11.8. The van der Waals surface area contributed by atoms with Crippen LogP contribution in [0.4, 0.5) is 17.3 Å². The minimum atomic E-state index is -6.00. The van der Waals surface area contributed by atoms with Gasteiger partial charge in [0.15, 0.2) is 5.75 Å². The molecular formula is C12H17BF4O3S. The van der Waals surface area contributed by atoms with Gasteiger partial charge >= 0.3 is 7.25 Å². The van der Waals surface area contributed by atoms with E-state index in [1.165, 1.54) is 0 Å². The summed E-state index contributed by atoms with van der Waals surface area (Å²) >= 11 is 0. The summed E-state index contributed by atoms with van der Waals surface area (Å²) in [4.78, 5) is 11.8. The second-order valence-electron chi connectivity index (χ2n) is 3.90. The van der Waals surface area contributed by atoms with Crippen LogP contribution in [0.25, 0.3) is 0 Å². The minimum Gasteiger partial charge on any atom is -0.418 e. The molecule has 0 saturated heterocycles. The van der Waals surface area contributed by atoms with E-state index in [4.69, 9.17) is 10.2 Å². The number of benzene rings is 1. The lowest BCUT2D eigenvalue weighted by Crippen LogP contribution is -2.25. The second-order valence-corrected chi connectivity index (χ2v) is 6.23. The zero-order valence-electron chi connectivity index (χ0n) is 11.2. The summed E-state index contributed by atoms with van der Waals surface area (Å²) in [5.41, 5.74) is 0.705. The highest BCUT2D eigenvalue weighted by molar-refractivity contribution is 7.97. The van der Waals surface area contributed by atoms with E-state index in [1.54, 1.807) is 12.1 Å². The third-order valence-electron chi connectivity index (χ3n) is 2.19. The molecule has 0 saturated carbocycles. The SMILES string of the molecule is F[B-](F)(F)F.O=C(C[S+](CCO)CCO)c1ccccc1. The van der Waals surface area contributed by atoms with E-state index in [2.05, 4.69) is 0 Å². The molecule has 120 valence electrons. The van der Waals surface area contributed by atoms with Gasteiger partial charge in [-0.3, -0.25) is 4.79 Å². The molecule has 0 bridgehead atoms. The Morgan fingerprint density at radius 3 is 1.81 bits per heavy atom. The molecule has 3 nitrogen and oxygen atoms in total. The van der Waals surface area contributed by atoms with Crippen LogP contribution in [0.3, 0.4) is 0 Å². The Labute approximate surface area is 123 Å². The first-order valence-electron chi connectivity index (χ1n) is 6.09. The van der Waals surface area contributed by atoms with Crippen molar-refractivity contribution in [2.75, 3.05) is 30.5 Å². The third kappa shape index (κ3) is 12.4. The number of Topliss-reactive ketones (excluding diaryl/α,β-unsaturated/α-hetero) is 1. The summed E-state index contributed by atoms with van der Waals surface area (Å²) in [7, 11) is -6.20. The first-order chi connectivity index (χ1) is 9.77. The molecule has 21 heavy (non-hydrogen) atoms. The molecular weight excluding hydrogens is 311 g/mol. The fraction of sp³-hybridized carbons (Fsp3) is 0.417. The highest BCUT2D eigenvalue weighted by Crippen LogP contribution is 2.06. The minimum absolute atomic E-state index is 0.0746. The van der Waals surface area contributed by atoms with Gasteiger partial charge in [0, 0.05) is 16.5 Å². The maximum Gasteiger partial charge on any atom is 0.673 e. The second kappa shape index (κ2) is 10.6. The molecule has 0 unspecified atom stereocenters. The van der Waals surface area contributed by atoms with Crippen LogP contribution in [0.5, 0.6) is 0 Å². The van der Waals surface area contributed by atoms with Crippen molar-refractivity contribution in [1.29, 1.82) is 0 Å². The molecule has 0 spiro atoms. The van der Waals surface area contributed by atoms with E-state index in [0.29, 0.717) is 22.8 Å². The number of hydrogen-bond acceptors (Lipinski definition) is 3. The van der Waals surface area contributed by atoms with Crippen molar-refractivity contribution < 1.29 is 32.3 Å². The average molecular weight is 328 g/mol. The Kier molecular flexibility index (Phi) is 10.1. The Morgan fingerprint density at radius 1 is 1.00 bits per heavy atom. The number of aliphatic hydroxyl groups excluding tert-OH is 2. The summed E-state index contributed by atoms with van der Waals surface area (Å²) in [6.07, 6.45) is 0. The molecule has 0 atom stereocenters. The van der Waals surface area contributed by atoms with Gasteiger partial charge in [-0.05, 0) is 0 Å². The number of carbonyl (C=O) groups excluding carboxylic acids is 1. The summed E-state index contributed by atoms with van der Waals surface area (Å²) in [6.45, 7) is 0.149. The molecule has 0 aliphatic heterocycles. The van der Waals surface area contributed by atoms with E-state index >= 15 is 0 Å². The van der Waals surface area contributed by atoms with Crippen LogP contribution in [0.15, 0.2) is 30.3 Å². The molecule has 1 rings (SSSR count). The Bertz CT molecular complexity index is 391. The number of rotatable bonds is 7. The van der Waals surface area contributed by atoms with Crippen molar-refractivity contribution in [3.63, 3.8) is 0 Å². The summed E-state index contributed by atoms with van der Waals surface area (Å²) in [5.74, 6) is 1.70. The molecule has 0 amide bonds. The monoisotopic (exact) mass is 328 g/mol. The first-order valence-corrected chi connectivity index (χ1v) is 7.82. The van der Waals surface area contributed by atoms with E-state index < -0.39 is 7.25 Å². The van der Waals surface area contributed by atoms with Gasteiger partial charge in [-0.2, -0.15) is 0 Å². The largest absolute Gasteiger partial charge is 0.673 e. The van der Waals surface area contributed by atoms with Crippen LogP contribution in [0, 0.1) is 0 Å². The normalized spacial score (nSPS) is 11.0. The fourth-order valence-electron chi connectivity index (χ4n) is 1.40. The topological polar surface area (TPSA) is 57.5 Å². The number of ketones is 1. The van der Waals surface area contributed by atoms with Gasteiger partial charge in [0.05, 0.1) is 13.2 Å². The van der Waals surface area contributed by atoms with Gasteiger partial charge in [-0.1, -0.05) is 30.3 Å². The third-order valence-corrected chi connectivity index (χ3v) is 4.38. The van der Waals surface area contributed by atoms with Crippen LogP contribution < -0.4 is 0 Å². The standard InChI is InChI=1S/C12H17O3S.BF4/c13-6-8-16(9-7-14)10-12(15)11-4-2-1-3-5-11;2-1(3,4)5/h1-5,13-14H,6-10H2;/q+1;-1. The molecule has 1 aromatic carbocycles. The van der Waals surface area contributed by atoms with Gasteiger partial charge in [-0.15, -0.1) is 0 Å². The Hall–Kier alpha value is -1.06. The van der Waals surface area contributed by atoms with Crippen LogP contribution in [0.1, 0.15) is 10.4 Å². The number of aliphatic hydroxyl groups is 2. The molecule has 0 fully saturated rings. The predicted molar refractivity (Wildman–Crippen MR) is 77.1 cm³/mol. The van der Waals surface area contributed by atoms with E-state index in [0.717, 1.165) is 0 Å². The summed E-state index contributed by atoms with van der Waals surface area (Å²) in [5, 5.41) is 17.7. The molecule has 0 aliphatic rings. The van der Waals surface area contributed by atoms with E-state index in [1.807, 2.05) is 18.2 Å². The van der Waals surface area contributed by atoms with Crippen LogP contribution in [-0.2, 0) is 10.9 Å². The van der Waals surface area contributed by atoms with Crippen LogP contribution in [0.2, 0.25) is 0 Å². The van der Waals surface area contributed by atoms with E-state index in [9.17, 15) is 22.1 Å². The molecule has 0 aromatic heterocycles. The molecule has 2 N–H and O–H groups in total. The first kappa shape index (κ1) is 19.9. The van der Waals surface area contributed by atoms with Gasteiger partial charge in [0.25, 0.3) is 0 Å². The van der Waals surface area contributed by atoms with Crippen LogP contribution >= 0.6 is 0 Å². The lowest BCUT2D eigenvalue weighted by atomic mass is 10.2. The zero-order valence-corrected chi connectivity index (χ0v) is 12.0. The van der Waals surface area contributed by atoms with Gasteiger partial charge in [0.1, 0.15) is 11.5 Å². The Balaban J connectivity index is 0.000000690. The molecule has 0 heterocycles. The summed E-state index contributed by atoms with van der Waals surface area (Å²) < 4.78 is 39.0. The van der Waals surface area contributed by atoms with Gasteiger partial charge in [-0.25, -0.2) is 0 Å². The van der Waals surface area contributed by atoms with Crippen LogP contribution in [-0.4, -0.2) is 53.7 Å². The molecule has 0 radical (unpaired) electrons. The number of halogens is 4. The average Bonchev–Trinajstić information content (AvgIpc) is 2.38. The molecule has 1 aromatic rings. The predicted octanol–water partition coefficient (Wildman–Crippen LogP) is 1.77. The number of carbonyl (C=O) groups is 1. The van der Waals surface area contributed by atoms with E-state index in [-0.39, 0.29) is 29.9 Å². The lowest BCUT2D eigenvalue weighted by Gasteiger charge is -2.05. The van der Waals surface area contributed by atoms with Crippen molar-refractivity contribution in [2.24, 2.45) is 0 Å². The fourth-order valence-corrected chi connectivity index (χ4v) is 2.94. The van der Waals surface area contributed by atoms with Crippen molar-refractivity contribution in [3.8, 4) is 0 Å². The highest BCUT2D eigenvalue weighted by atomic mass is 32.2. The quantitative estimate of drug-likeness (QED) is 0.347. The molecule has 9 heteroatoms. The highest BCUT2D eigenvalue weighted by Gasteiger charge is 2.22. The van der Waals surface area contributed by atoms with Gasteiger partial charge < -0.3 is 27.5 Å².